The molecule has 1 atom stereocenters. The molecule has 5 aromatic rings. The van der Waals surface area contributed by atoms with Crippen molar-refractivity contribution in [2.24, 2.45) is 0 Å². The van der Waals surface area contributed by atoms with E-state index >= 15 is 0 Å². The monoisotopic (exact) mass is 625 g/mol. The summed E-state index contributed by atoms with van der Waals surface area (Å²) >= 11 is 1.42. The SMILES string of the molecule is CC(C)c1ccc(/C=C(\NC(=O)c2ccccc2)C(=O)Nc2ccc(SC(C(=O)Nc3ccccc3)c3ccccc3)cc2)cc1. The first-order chi connectivity index (χ1) is 22.4. The molecule has 0 spiro atoms. The van der Waals surface area contributed by atoms with Crippen LogP contribution in [0.1, 0.15) is 52.1 Å². The summed E-state index contributed by atoms with van der Waals surface area (Å²) in [4.78, 5) is 40.8. The van der Waals surface area contributed by atoms with Crippen molar-refractivity contribution in [1.29, 1.82) is 0 Å². The normalized spacial score (nSPS) is 11.8. The number of carbonyl (C=O) groups excluding carboxylic acids is 3. The molecule has 0 saturated carbocycles. The minimum Gasteiger partial charge on any atom is -0.325 e. The molecule has 0 aliphatic carbocycles. The Morgan fingerprint density at radius 1 is 0.609 bits per heavy atom. The number of hydrogen-bond acceptors (Lipinski definition) is 4. The number of benzene rings is 5. The molecule has 0 fully saturated rings. The van der Waals surface area contributed by atoms with Gasteiger partial charge in [-0.05, 0) is 77.2 Å². The number of rotatable bonds is 11. The first-order valence-corrected chi connectivity index (χ1v) is 15.9. The number of carbonyl (C=O) groups is 3. The van der Waals surface area contributed by atoms with Gasteiger partial charge in [-0.15, -0.1) is 11.8 Å². The fourth-order valence-electron chi connectivity index (χ4n) is 4.67. The van der Waals surface area contributed by atoms with Crippen LogP contribution in [0.3, 0.4) is 0 Å². The van der Waals surface area contributed by atoms with Crippen LogP contribution in [-0.4, -0.2) is 17.7 Å². The van der Waals surface area contributed by atoms with Crippen LogP contribution in [0.2, 0.25) is 0 Å². The summed E-state index contributed by atoms with van der Waals surface area (Å²) in [5, 5.41) is 8.21. The molecule has 0 aliphatic heterocycles. The molecule has 0 bridgehead atoms. The van der Waals surface area contributed by atoms with E-state index in [9.17, 15) is 14.4 Å². The van der Waals surface area contributed by atoms with E-state index in [1.54, 1.807) is 42.5 Å². The summed E-state index contributed by atoms with van der Waals surface area (Å²) in [5.41, 5.74) is 4.69. The summed E-state index contributed by atoms with van der Waals surface area (Å²) in [6.07, 6.45) is 1.67. The van der Waals surface area contributed by atoms with Crippen LogP contribution in [0.15, 0.2) is 150 Å². The van der Waals surface area contributed by atoms with Crippen LogP contribution in [0.25, 0.3) is 6.08 Å². The van der Waals surface area contributed by atoms with E-state index < -0.39 is 11.2 Å². The molecule has 7 heteroatoms. The molecule has 3 amide bonds. The molecule has 0 aliphatic rings. The fourth-order valence-corrected chi connectivity index (χ4v) is 5.69. The molecule has 0 saturated heterocycles. The van der Waals surface area contributed by atoms with Gasteiger partial charge in [-0.1, -0.05) is 105 Å². The first kappa shape index (κ1) is 32.0. The molecule has 46 heavy (non-hydrogen) atoms. The second kappa shape index (κ2) is 15.5. The van der Waals surface area contributed by atoms with Crippen molar-refractivity contribution in [3.63, 3.8) is 0 Å². The lowest BCUT2D eigenvalue weighted by atomic mass is 10.0. The highest BCUT2D eigenvalue weighted by molar-refractivity contribution is 8.00. The van der Waals surface area contributed by atoms with Crippen LogP contribution < -0.4 is 16.0 Å². The van der Waals surface area contributed by atoms with Gasteiger partial charge in [-0.25, -0.2) is 0 Å². The molecule has 5 rings (SSSR count). The lowest BCUT2D eigenvalue weighted by molar-refractivity contribution is -0.116. The van der Waals surface area contributed by atoms with Crippen LogP contribution in [0.4, 0.5) is 11.4 Å². The van der Waals surface area contributed by atoms with Gasteiger partial charge in [0.2, 0.25) is 5.91 Å². The van der Waals surface area contributed by atoms with Gasteiger partial charge in [-0.2, -0.15) is 0 Å². The largest absolute Gasteiger partial charge is 0.325 e. The molecule has 1 unspecified atom stereocenters. The first-order valence-electron chi connectivity index (χ1n) is 15.0. The second-order valence-electron chi connectivity index (χ2n) is 10.9. The van der Waals surface area contributed by atoms with Gasteiger partial charge in [0.25, 0.3) is 11.8 Å². The van der Waals surface area contributed by atoms with E-state index in [0.717, 1.165) is 21.7 Å². The van der Waals surface area contributed by atoms with Gasteiger partial charge in [-0.3, -0.25) is 14.4 Å². The maximum absolute atomic E-state index is 13.5. The van der Waals surface area contributed by atoms with Gasteiger partial charge in [0.05, 0.1) is 0 Å². The van der Waals surface area contributed by atoms with Crippen molar-refractivity contribution in [2.45, 2.75) is 29.9 Å². The molecular formula is C39H35N3O3S. The summed E-state index contributed by atoms with van der Waals surface area (Å²) in [5.74, 6) is -0.596. The Labute approximate surface area is 274 Å². The number of thioether (sulfide) groups is 1. The van der Waals surface area contributed by atoms with Gasteiger partial charge in [0.1, 0.15) is 10.9 Å². The zero-order chi connectivity index (χ0) is 32.3. The van der Waals surface area contributed by atoms with Gasteiger partial charge >= 0.3 is 0 Å². The third kappa shape index (κ3) is 8.83. The zero-order valence-corrected chi connectivity index (χ0v) is 26.5. The molecule has 0 radical (unpaired) electrons. The maximum Gasteiger partial charge on any atom is 0.272 e. The number of hydrogen-bond donors (Lipinski definition) is 3. The van der Waals surface area contributed by atoms with Gasteiger partial charge < -0.3 is 16.0 Å². The molecule has 5 aromatic carbocycles. The number of nitrogens with one attached hydrogen (secondary N) is 3. The molecule has 0 heterocycles. The average Bonchev–Trinajstić information content (AvgIpc) is 3.09. The Bertz CT molecular complexity index is 1790. The van der Waals surface area contributed by atoms with Crippen molar-refractivity contribution >= 4 is 46.9 Å². The Hall–Kier alpha value is -5.40. The molecule has 230 valence electrons. The molecule has 6 nitrogen and oxygen atoms in total. The lowest BCUT2D eigenvalue weighted by Crippen LogP contribution is -2.30. The van der Waals surface area contributed by atoms with Gasteiger partial charge in [0, 0.05) is 21.8 Å². The summed E-state index contributed by atoms with van der Waals surface area (Å²) in [7, 11) is 0. The standard InChI is InChI=1S/C39H35N3O3S/c1-27(2)29-20-18-28(19-21-29)26-35(42-37(43)31-14-8-4-9-15-31)38(44)40-33-22-24-34(25-23-33)46-36(30-12-6-3-7-13-30)39(45)41-32-16-10-5-11-17-32/h3-27,36H,1-2H3,(H,40,44)(H,41,45)(H,42,43)/b35-26-. The van der Waals surface area contributed by atoms with Crippen molar-refractivity contribution in [1.82, 2.24) is 5.32 Å². The maximum atomic E-state index is 13.5. The number of para-hydroxylation sites is 1. The van der Waals surface area contributed by atoms with Crippen molar-refractivity contribution < 1.29 is 14.4 Å². The number of amides is 3. The smallest absolute Gasteiger partial charge is 0.272 e. The van der Waals surface area contributed by atoms with E-state index in [1.807, 2.05) is 103 Å². The quantitative estimate of drug-likeness (QED) is 0.101. The van der Waals surface area contributed by atoms with Crippen molar-refractivity contribution in [2.75, 3.05) is 10.6 Å². The highest BCUT2D eigenvalue weighted by atomic mass is 32.2. The third-order valence-electron chi connectivity index (χ3n) is 7.19. The Balaban J connectivity index is 1.33. The predicted octanol–water partition coefficient (Wildman–Crippen LogP) is 8.69. The Kier molecular flexibility index (Phi) is 10.8. The van der Waals surface area contributed by atoms with Crippen LogP contribution in [0, 0.1) is 0 Å². The average molecular weight is 626 g/mol. The summed E-state index contributed by atoms with van der Waals surface area (Å²) in [6.45, 7) is 4.24. The molecule has 0 aromatic heterocycles. The van der Waals surface area contributed by atoms with E-state index in [2.05, 4.69) is 29.8 Å². The van der Waals surface area contributed by atoms with E-state index in [1.165, 1.54) is 17.3 Å². The van der Waals surface area contributed by atoms with Crippen molar-refractivity contribution in [3.05, 3.63) is 167 Å². The van der Waals surface area contributed by atoms with Crippen LogP contribution in [0.5, 0.6) is 0 Å². The Morgan fingerprint density at radius 2 is 1.17 bits per heavy atom. The van der Waals surface area contributed by atoms with Gasteiger partial charge in [0.15, 0.2) is 0 Å². The topological polar surface area (TPSA) is 87.3 Å². The second-order valence-corrected chi connectivity index (χ2v) is 12.1. The minimum atomic E-state index is -0.494. The minimum absolute atomic E-state index is 0.117. The van der Waals surface area contributed by atoms with E-state index in [4.69, 9.17) is 0 Å². The number of anilines is 2. The Morgan fingerprint density at radius 3 is 1.78 bits per heavy atom. The lowest BCUT2D eigenvalue weighted by Gasteiger charge is -2.17. The van der Waals surface area contributed by atoms with E-state index in [-0.39, 0.29) is 17.5 Å². The summed E-state index contributed by atoms with van der Waals surface area (Å²) < 4.78 is 0. The van der Waals surface area contributed by atoms with Crippen molar-refractivity contribution in [3.8, 4) is 0 Å². The highest BCUT2D eigenvalue weighted by Gasteiger charge is 2.22. The highest BCUT2D eigenvalue weighted by Crippen LogP contribution is 2.36. The fraction of sp³-hybridized carbons (Fsp3) is 0.103. The molecule has 3 N–H and O–H groups in total. The molecular weight excluding hydrogens is 591 g/mol. The predicted molar refractivity (Wildman–Crippen MR) is 188 cm³/mol. The third-order valence-corrected chi connectivity index (χ3v) is 8.46. The summed E-state index contributed by atoms with van der Waals surface area (Å²) in [6, 6.07) is 42.9. The van der Waals surface area contributed by atoms with Crippen LogP contribution >= 0.6 is 11.8 Å². The zero-order valence-electron chi connectivity index (χ0n) is 25.6. The van der Waals surface area contributed by atoms with Crippen LogP contribution in [-0.2, 0) is 9.59 Å². The van der Waals surface area contributed by atoms with E-state index in [0.29, 0.717) is 17.2 Å².